The minimum atomic E-state index is 0.0555. The Morgan fingerprint density at radius 1 is 1.25 bits per heavy atom. The maximum Gasteiger partial charge on any atom is 0.268 e. The molecule has 1 amide bonds. The van der Waals surface area contributed by atoms with Crippen molar-refractivity contribution in [1.29, 1.82) is 0 Å². The van der Waals surface area contributed by atoms with Gasteiger partial charge in [-0.3, -0.25) is 4.79 Å². The second-order valence-electron chi connectivity index (χ2n) is 6.85. The molecule has 0 atom stereocenters. The highest BCUT2D eigenvalue weighted by Crippen LogP contribution is 2.48. The van der Waals surface area contributed by atoms with Crippen molar-refractivity contribution >= 4 is 11.6 Å². The van der Waals surface area contributed by atoms with E-state index in [1.54, 1.807) is 0 Å². The fraction of sp³-hybridized carbons (Fsp3) is 0.688. The lowest BCUT2D eigenvalue weighted by Gasteiger charge is -2.16. The van der Waals surface area contributed by atoms with Gasteiger partial charge in [0, 0.05) is 18.8 Å². The van der Waals surface area contributed by atoms with Crippen LogP contribution in [-0.2, 0) is 0 Å². The Morgan fingerprint density at radius 3 is 2.45 bits per heavy atom. The van der Waals surface area contributed by atoms with Crippen molar-refractivity contribution in [3.05, 3.63) is 18.0 Å². The number of hydrogen-bond acceptors (Lipinski definition) is 2. The molecule has 20 heavy (non-hydrogen) atoms. The third-order valence-corrected chi connectivity index (χ3v) is 5.00. The smallest absolute Gasteiger partial charge is 0.268 e. The van der Waals surface area contributed by atoms with Gasteiger partial charge < -0.3 is 15.6 Å². The normalized spacial score (nSPS) is 22.2. The molecule has 0 unspecified atom stereocenters. The molecule has 4 nitrogen and oxygen atoms in total. The summed E-state index contributed by atoms with van der Waals surface area (Å²) in [5.74, 6) is 2.53. The van der Waals surface area contributed by atoms with E-state index in [2.05, 4.69) is 9.88 Å². The highest BCUT2D eigenvalue weighted by Gasteiger charge is 2.41. The Hall–Kier alpha value is -1.45. The number of carbonyl (C=O) groups is 1. The molecule has 3 aliphatic rings. The fourth-order valence-corrected chi connectivity index (χ4v) is 3.41. The number of amides is 1. The van der Waals surface area contributed by atoms with Crippen LogP contribution in [-0.4, -0.2) is 17.0 Å². The quantitative estimate of drug-likeness (QED) is 0.837. The Bertz CT molecular complexity index is 512. The zero-order valence-electron chi connectivity index (χ0n) is 11.8. The van der Waals surface area contributed by atoms with Crippen LogP contribution in [0.25, 0.3) is 0 Å². The van der Waals surface area contributed by atoms with E-state index < -0.39 is 0 Å². The average molecular weight is 273 g/mol. The average Bonchev–Trinajstić information content (AvgIpc) is 3.26. The topological polar surface area (TPSA) is 60.1 Å². The standard InChI is InChI=1S/C16H23N3O/c17-12-7-15(19(9-12)13-5-6-13)16(20)18-8-14(10-1-2-10)11-3-4-11/h7,9-11,13-14H,1-6,8,17H2,(H,18,20). The molecule has 3 saturated carbocycles. The Labute approximate surface area is 119 Å². The lowest BCUT2D eigenvalue weighted by molar-refractivity contribution is 0.0934. The number of aromatic nitrogens is 1. The van der Waals surface area contributed by atoms with E-state index >= 15 is 0 Å². The molecule has 4 heteroatoms. The molecule has 4 rings (SSSR count). The molecule has 1 heterocycles. The Morgan fingerprint density at radius 2 is 1.90 bits per heavy atom. The molecule has 3 N–H and O–H groups in total. The number of anilines is 1. The van der Waals surface area contributed by atoms with Crippen molar-refractivity contribution < 1.29 is 4.79 Å². The Balaban J connectivity index is 1.41. The molecule has 0 radical (unpaired) electrons. The third-order valence-electron chi connectivity index (χ3n) is 5.00. The first-order valence-corrected chi connectivity index (χ1v) is 7.98. The lowest BCUT2D eigenvalue weighted by Crippen LogP contribution is -2.32. The summed E-state index contributed by atoms with van der Waals surface area (Å²) in [6, 6.07) is 2.31. The number of nitrogens with one attached hydrogen (secondary N) is 1. The van der Waals surface area contributed by atoms with Gasteiger partial charge in [-0.05, 0) is 62.3 Å². The van der Waals surface area contributed by atoms with E-state index in [4.69, 9.17) is 5.73 Å². The van der Waals surface area contributed by atoms with Gasteiger partial charge in [-0.15, -0.1) is 0 Å². The molecule has 0 bridgehead atoms. The van der Waals surface area contributed by atoms with Crippen molar-refractivity contribution in [1.82, 2.24) is 9.88 Å². The highest BCUT2D eigenvalue weighted by molar-refractivity contribution is 5.93. The van der Waals surface area contributed by atoms with Crippen molar-refractivity contribution in [3.63, 3.8) is 0 Å². The molecule has 0 aliphatic heterocycles. The van der Waals surface area contributed by atoms with Crippen LogP contribution in [0.2, 0.25) is 0 Å². The van der Waals surface area contributed by atoms with Crippen molar-refractivity contribution in [2.24, 2.45) is 17.8 Å². The van der Waals surface area contributed by atoms with Crippen LogP contribution in [0.3, 0.4) is 0 Å². The van der Waals surface area contributed by atoms with Crippen LogP contribution in [0.1, 0.15) is 55.1 Å². The summed E-state index contributed by atoms with van der Waals surface area (Å²) >= 11 is 0. The number of nitrogens with zero attached hydrogens (tertiary/aromatic N) is 1. The summed E-state index contributed by atoms with van der Waals surface area (Å²) in [4.78, 5) is 12.4. The SMILES string of the molecule is Nc1cc(C(=O)NCC(C2CC2)C2CC2)n(C2CC2)c1. The molecule has 0 saturated heterocycles. The molecule has 3 aliphatic carbocycles. The second kappa shape index (κ2) is 4.54. The number of nitrogen functional groups attached to an aromatic ring is 1. The zero-order chi connectivity index (χ0) is 13.7. The van der Waals surface area contributed by atoms with Gasteiger partial charge in [0.15, 0.2) is 0 Å². The van der Waals surface area contributed by atoms with Gasteiger partial charge in [0.2, 0.25) is 0 Å². The maximum atomic E-state index is 12.4. The van der Waals surface area contributed by atoms with Gasteiger partial charge in [-0.25, -0.2) is 0 Å². The number of hydrogen-bond donors (Lipinski definition) is 2. The summed E-state index contributed by atoms with van der Waals surface area (Å²) in [6.45, 7) is 0.851. The van der Waals surface area contributed by atoms with E-state index in [9.17, 15) is 4.79 Å². The van der Waals surface area contributed by atoms with Crippen LogP contribution in [0.4, 0.5) is 5.69 Å². The number of rotatable bonds is 6. The van der Waals surface area contributed by atoms with Gasteiger partial charge in [-0.1, -0.05) is 0 Å². The van der Waals surface area contributed by atoms with Crippen molar-refractivity contribution in [3.8, 4) is 0 Å². The van der Waals surface area contributed by atoms with Gasteiger partial charge in [-0.2, -0.15) is 0 Å². The molecule has 0 aromatic carbocycles. The summed E-state index contributed by atoms with van der Waals surface area (Å²) in [5, 5.41) is 3.16. The highest BCUT2D eigenvalue weighted by atomic mass is 16.1. The molecule has 1 aromatic rings. The lowest BCUT2D eigenvalue weighted by atomic mass is 9.98. The van der Waals surface area contributed by atoms with Crippen molar-refractivity contribution in [2.75, 3.05) is 12.3 Å². The molecular formula is C16H23N3O. The van der Waals surface area contributed by atoms with E-state index in [1.165, 1.54) is 38.5 Å². The predicted molar refractivity (Wildman–Crippen MR) is 78.4 cm³/mol. The first-order valence-electron chi connectivity index (χ1n) is 7.98. The third kappa shape index (κ3) is 2.43. The molecule has 1 aromatic heterocycles. The number of carbonyl (C=O) groups excluding carboxylic acids is 1. The zero-order valence-corrected chi connectivity index (χ0v) is 11.8. The molecule has 108 valence electrons. The van der Waals surface area contributed by atoms with Gasteiger partial charge in [0.25, 0.3) is 5.91 Å². The summed E-state index contributed by atoms with van der Waals surface area (Å²) in [6.07, 6.45) is 9.70. The van der Waals surface area contributed by atoms with Gasteiger partial charge in [0.1, 0.15) is 5.69 Å². The largest absolute Gasteiger partial charge is 0.397 e. The van der Waals surface area contributed by atoms with Crippen LogP contribution < -0.4 is 11.1 Å². The number of nitrogens with two attached hydrogens (primary N) is 1. The molecule has 3 fully saturated rings. The first kappa shape index (κ1) is 12.3. The molecular weight excluding hydrogens is 250 g/mol. The summed E-state index contributed by atoms with van der Waals surface area (Å²) in [5.41, 5.74) is 7.30. The fourth-order valence-electron chi connectivity index (χ4n) is 3.41. The van der Waals surface area contributed by atoms with E-state index in [0.29, 0.717) is 11.7 Å². The minimum absolute atomic E-state index is 0.0555. The van der Waals surface area contributed by atoms with E-state index in [-0.39, 0.29) is 5.91 Å². The van der Waals surface area contributed by atoms with Crippen molar-refractivity contribution in [2.45, 2.75) is 44.6 Å². The maximum absolute atomic E-state index is 12.4. The first-order chi connectivity index (χ1) is 9.72. The predicted octanol–water partition coefficient (Wildman–Crippen LogP) is 2.57. The minimum Gasteiger partial charge on any atom is -0.397 e. The summed E-state index contributed by atoms with van der Waals surface area (Å²) in [7, 11) is 0. The van der Waals surface area contributed by atoms with Gasteiger partial charge in [0.05, 0.1) is 5.69 Å². The van der Waals surface area contributed by atoms with Gasteiger partial charge >= 0.3 is 0 Å². The van der Waals surface area contributed by atoms with Crippen LogP contribution >= 0.6 is 0 Å². The molecule has 0 spiro atoms. The van der Waals surface area contributed by atoms with E-state index in [1.807, 2.05) is 12.3 Å². The monoisotopic (exact) mass is 273 g/mol. The second-order valence-corrected chi connectivity index (χ2v) is 6.85. The van der Waals surface area contributed by atoms with E-state index in [0.717, 1.165) is 30.0 Å². The van der Waals surface area contributed by atoms with Crippen LogP contribution in [0.15, 0.2) is 12.3 Å². The van der Waals surface area contributed by atoms with Crippen LogP contribution in [0, 0.1) is 17.8 Å². The Kier molecular flexibility index (Phi) is 2.79. The van der Waals surface area contributed by atoms with Crippen LogP contribution in [0.5, 0.6) is 0 Å². The summed E-state index contributed by atoms with van der Waals surface area (Å²) < 4.78 is 2.06.